The number of hydrogen-bond acceptors (Lipinski definition) is 3. The van der Waals surface area contributed by atoms with E-state index in [1.807, 2.05) is 24.3 Å². The Balaban J connectivity index is 1.94. The molecular weight excluding hydrogens is 212 g/mol. The SMILES string of the molecule is NNc1ccc(-c2cn3c(n2)CCCC3)cc1. The average molecular weight is 228 g/mol. The molecule has 0 atom stereocenters. The molecule has 0 radical (unpaired) electrons. The van der Waals surface area contributed by atoms with Crippen molar-refractivity contribution in [2.75, 3.05) is 5.43 Å². The molecule has 1 aromatic heterocycles. The van der Waals surface area contributed by atoms with Gasteiger partial charge in [0.2, 0.25) is 0 Å². The summed E-state index contributed by atoms with van der Waals surface area (Å²) in [5.41, 5.74) is 5.75. The highest BCUT2D eigenvalue weighted by molar-refractivity contribution is 5.62. The lowest BCUT2D eigenvalue weighted by atomic mass is 10.1. The van der Waals surface area contributed by atoms with Crippen LogP contribution in [0.25, 0.3) is 11.3 Å². The van der Waals surface area contributed by atoms with Gasteiger partial charge in [0.05, 0.1) is 5.69 Å². The summed E-state index contributed by atoms with van der Waals surface area (Å²) in [6.07, 6.45) is 5.77. The number of nitrogens with zero attached hydrogens (tertiary/aromatic N) is 2. The molecule has 0 saturated heterocycles. The minimum Gasteiger partial charge on any atom is -0.334 e. The summed E-state index contributed by atoms with van der Waals surface area (Å²) in [7, 11) is 0. The number of hydrogen-bond donors (Lipinski definition) is 2. The number of aryl methyl sites for hydroxylation is 2. The zero-order valence-electron chi connectivity index (χ0n) is 9.69. The van der Waals surface area contributed by atoms with Crippen molar-refractivity contribution < 1.29 is 0 Å². The minimum absolute atomic E-state index is 0.915. The fourth-order valence-electron chi connectivity index (χ4n) is 2.29. The summed E-state index contributed by atoms with van der Waals surface area (Å²) < 4.78 is 2.27. The van der Waals surface area contributed by atoms with Gasteiger partial charge in [0.1, 0.15) is 5.82 Å². The molecule has 1 aliphatic rings. The topological polar surface area (TPSA) is 55.9 Å². The first-order valence-electron chi connectivity index (χ1n) is 6.00. The Labute approximate surface area is 100 Å². The first-order chi connectivity index (χ1) is 8.36. The molecule has 1 aromatic carbocycles. The molecular formula is C13H16N4. The van der Waals surface area contributed by atoms with Crippen LogP contribution in [-0.2, 0) is 13.0 Å². The molecule has 1 aliphatic heterocycles. The zero-order valence-corrected chi connectivity index (χ0v) is 9.69. The van der Waals surface area contributed by atoms with Crippen LogP contribution in [0, 0.1) is 0 Å². The fourth-order valence-corrected chi connectivity index (χ4v) is 2.29. The van der Waals surface area contributed by atoms with Crippen molar-refractivity contribution in [3.05, 3.63) is 36.3 Å². The second kappa shape index (κ2) is 4.22. The summed E-state index contributed by atoms with van der Waals surface area (Å²) in [4.78, 5) is 4.69. The van der Waals surface area contributed by atoms with Gasteiger partial charge in [0.15, 0.2) is 0 Å². The van der Waals surface area contributed by atoms with Gasteiger partial charge >= 0.3 is 0 Å². The van der Waals surface area contributed by atoms with Gasteiger partial charge in [-0.25, -0.2) is 4.98 Å². The number of imidazole rings is 1. The molecule has 2 aromatic rings. The maximum absolute atomic E-state index is 5.35. The van der Waals surface area contributed by atoms with E-state index in [0.29, 0.717) is 0 Å². The number of aromatic nitrogens is 2. The predicted molar refractivity (Wildman–Crippen MR) is 68.4 cm³/mol. The minimum atomic E-state index is 0.915. The number of benzene rings is 1. The maximum atomic E-state index is 5.35. The first-order valence-corrected chi connectivity index (χ1v) is 6.00. The van der Waals surface area contributed by atoms with E-state index in [9.17, 15) is 0 Å². The van der Waals surface area contributed by atoms with Crippen molar-refractivity contribution in [3.8, 4) is 11.3 Å². The van der Waals surface area contributed by atoms with E-state index in [0.717, 1.165) is 29.9 Å². The Bertz CT molecular complexity index is 489. The lowest BCUT2D eigenvalue weighted by Crippen LogP contribution is -2.08. The van der Waals surface area contributed by atoms with E-state index in [1.54, 1.807) is 0 Å². The average Bonchev–Trinajstić information content (AvgIpc) is 2.82. The zero-order chi connectivity index (χ0) is 11.7. The van der Waals surface area contributed by atoms with E-state index in [-0.39, 0.29) is 0 Å². The van der Waals surface area contributed by atoms with Crippen LogP contribution in [0.2, 0.25) is 0 Å². The third-order valence-corrected chi connectivity index (χ3v) is 3.26. The van der Waals surface area contributed by atoms with Gasteiger partial charge in [-0.15, -0.1) is 0 Å². The van der Waals surface area contributed by atoms with Crippen molar-refractivity contribution in [2.45, 2.75) is 25.8 Å². The summed E-state index contributed by atoms with van der Waals surface area (Å²) in [6, 6.07) is 8.02. The van der Waals surface area contributed by atoms with Crippen LogP contribution >= 0.6 is 0 Å². The lowest BCUT2D eigenvalue weighted by Gasteiger charge is -2.11. The standard InChI is InChI=1S/C13H16N4/c14-16-11-6-4-10(5-7-11)12-9-17-8-2-1-3-13(17)15-12/h4-7,9,16H,1-3,8,14H2. The Morgan fingerprint density at radius 2 is 2.00 bits per heavy atom. The number of nitrogens with one attached hydrogen (secondary N) is 1. The molecule has 0 amide bonds. The molecule has 4 nitrogen and oxygen atoms in total. The summed E-state index contributed by atoms with van der Waals surface area (Å²) in [5.74, 6) is 6.56. The smallest absolute Gasteiger partial charge is 0.109 e. The molecule has 3 rings (SSSR count). The highest BCUT2D eigenvalue weighted by Gasteiger charge is 2.12. The van der Waals surface area contributed by atoms with Crippen LogP contribution < -0.4 is 11.3 Å². The number of nitrogen functional groups attached to an aromatic ring is 1. The molecule has 2 heterocycles. The Morgan fingerprint density at radius 3 is 2.71 bits per heavy atom. The van der Waals surface area contributed by atoms with Crippen molar-refractivity contribution in [3.63, 3.8) is 0 Å². The van der Waals surface area contributed by atoms with Crippen LogP contribution in [0.4, 0.5) is 5.69 Å². The first kappa shape index (κ1) is 10.4. The third-order valence-electron chi connectivity index (χ3n) is 3.26. The van der Waals surface area contributed by atoms with Crippen molar-refractivity contribution in [1.82, 2.24) is 9.55 Å². The van der Waals surface area contributed by atoms with Gasteiger partial charge in [-0.2, -0.15) is 0 Å². The number of fused-ring (bicyclic) bond motifs is 1. The van der Waals surface area contributed by atoms with Gasteiger partial charge in [0.25, 0.3) is 0 Å². The molecule has 0 saturated carbocycles. The monoisotopic (exact) mass is 228 g/mol. The van der Waals surface area contributed by atoms with E-state index in [4.69, 9.17) is 5.84 Å². The lowest BCUT2D eigenvalue weighted by molar-refractivity contribution is 0.522. The van der Waals surface area contributed by atoms with Crippen LogP contribution in [0.1, 0.15) is 18.7 Å². The molecule has 0 fully saturated rings. The largest absolute Gasteiger partial charge is 0.334 e. The van der Waals surface area contributed by atoms with Crippen LogP contribution in [-0.4, -0.2) is 9.55 Å². The van der Waals surface area contributed by atoms with Crippen molar-refractivity contribution >= 4 is 5.69 Å². The Hall–Kier alpha value is -1.81. The van der Waals surface area contributed by atoms with Gasteiger partial charge < -0.3 is 9.99 Å². The normalized spacial score (nSPS) is 14.4. The Kier molecular flexibility index (Phi) is 2.57. The number of rotatable bonds is 2. The molecule has 0 spiro atoms. The van der Waals surface area contributed by atoms with Crippen molar-refractivity contribution in [1.29, 1.82) is 0 Å². The van der Waals surface area contributed by atoms with Gasteiger partial charge in [0, 0.05) is 30.4 Å². The Morgan fingerprint density at radius 1 is 1.18 bits per heavy atom. The van der Waals surface area contributed by atoms with Gasteiger partial charge in [-0.3, -0.25) is 5.84 Å². The second-order valence-electron chi connectivity index (χ2n) is 4.41. The molecule has 4 heteroatoms. The quantitative estimate of drug-likeness (QED) is 0.612. The van der Waals surface area contributed by atoms with Gasteiger partial charge in [-0.1, -0.05) is 12.1 Å². The highest BCUT2D eigenvalue weighted by atomic mass is 15.2. The summed E-state index contributed by atoms with van der Waals surface area (Å²) >= 11 is 0. The highest BCUT2D eigenvalue weighted by Crippen LogP contribution is 2.23. The second-order valence-corrected chi connectivity index (χ2v) is 4.41. The maximum Gasteiger partial charge on any atom is 0.109 e. The molecule has 17 heavy (non-hydrogen) atoms. The molecule has 0 unspecified atom stereocenters. The predicted octanol–water partition coefficient (Wildman–Crippen LogP) is 2.17. The summed E-state index contributed by atoms with van der Waals surface area (Å²) in [6.45, 7) is 1.10. The van der Waals surface area contributed by atoms with Crippen molar-refractivity contribution in [2.24, 2.45) is 5.84 Å². The number of hydrazine groups is 1. The van der Waals surface area contributed by atoms with E-state index in [2.05, 4.69) is 21.2 Å². The van der Waals surface area contributed by atoms with E-state index < -0.39 is 0 Å². The van der Waals surface area contributed by atoms with Gasteiger partial charge in [-0.05, 0) is 25.0 Å². The number of nitrogens with two attached hydrogens (primary N) is 1. The fraction of sp³-hybridized carbons (Fsp3) is 0.308. The van der Waals surface area contributed by atoms with Crippen LogP contribution in [0.3, 0.4) is 0 Å². The van der Waals surface area contributed by atoms with Crippen LogP contribution in [0.5, 0.6) is 0 Å². The van der Waals surface area contributed by atoms with E-state index >= 15 is 0 Å². The number of anilines is 1. The molecule has 88 valence electrons. The van der Waals surface area contributed by atoms with E-state index in [1.165, 1.54) is 18.7 Å². The van der Waals surface area contributed by atoms with Crippen LogP contribution in [0.15, 0.2) is 30.5 Å². The molecule has 3 N–H and O–H groups in total. The molecule has 0 bridgehead atoms. The third kappa shape index (κ3) is 1.91. The molecule has 0 aliphatic carbocycles. The summed E-state index contributed by atoms with van der Waals surface area (Å²) in [5, 5.41) is 0.